The first-order chi connectivity index (χ1) is 9.26. The molecule has 1 aromatic heterocycles. The molecule has 3 nitrogen and oxygen atoms in total. The molecule has 1 unspecified atom stereocenters. The fourth-order valence-corrected chi connectivity index (χ4v) is 2.17. The van der Waals surface area contributed by atoms with E-state index in [0.717, 1.165) is 17.7 Å². The highest BCUT2D eigenvalue weighted by atomic mass is 16.5. The summed E-state index contributed by atoms with van der Waals surface area (Å²) >= 11 is 0. The molecule has 2 rings (SSSR count). The normalized spacial score (nSPS) is 12.1. The minimum absolute atomic E-state index is 0.140. The van der Waals surface area contributed by atoms with E-state index in [-0.39, 0.29) is 11.9 Å². The van der Waals surface area contributed by atoms with E-state index in [2.05, 4.69) is 0 Å². The summed E-state index contributed by atoms with van der Waals surface area (Å²) in [7, 11) is 0. The first-order valence-electron chi connectivity index (χ1n) is 6.66. The molecular weight excluding hydrogens is 238 g/mol. The highest BCUT2D eigenvalue weighted by Gasteiger charge is 2.19. The van der Waals surface area contributed by atoms with Gasteiger partial charge in [-0.3, -0.25) is 4.79 Å². The molecule has 2 aromatic rings. The van der Waals surface area contributed by atoms with Crippen LogP contribution in [0.2, 0.25) is 0 Å². The summed E-state index contributed by atoms with van der Waals surface area (Å²) in [6, 6.07) is 12.0. The average molecular weight is 257 g/mol. The standard InChI is InChI=1S/C16H19NO2/c1-3-15(16(18)19-4-2)13-7-9-14(10-8-13)17-11-5-6-12-17/h5-12,15H,3-4H2,1-2H3. The largest absolute Gasteiger partial charge is 0.466 e. The van der Waals surface area contributed by atoms with Crippen LogP contribution in [0.3, 0.4) is 0 Å². The highest BCUT2D eigenvalue weighted by molar-refractivity contribution is 5.78. The van der Waals surface area contributed by atoms with Gasteiger partial charge in [0.1, 0.15) is 0 Å². The number of aromatic nitrogens is 1. The lowest BCUT2D eigenvalue weighted by atomic mass is 9.96. The Bertz CT molecular complexity index is 514. The van der Waals surface area contributed by atoms with Crippen LogP contribution in [-0.2, 0) is 9.53 Å². The van der Waals surface area contributed by atoms with Crippen LogP contribution in [-0.4, -0.2) is 17.1 Å². The van der Waals surface area contributed by atoms with E-state index < -0.39 is 0 Å². The van der Waals surface area contributed by atoms with Crippen LogP contribution in [0.1, 0.15) is 31.7 Å². The van der Waals surface area contributed by atoms with Gasteiger partial charge in [-0.15, -0.1) is 0 Å². The number of hydrogen-bond donors (Lipinski definition) is 0. The van der Waals surface area contributed by atoms with E-state index in [1.807, 2.05) is 67.2 Å². The van der Waals surface area contributed by atoms with Crippen molar-refractivity contribution in [3.8, 4) is 5.69 Å². The van der Waals surface area contributed by atoms with Gasteiger partial charge in [-0.25, -0.2) is 0 Å². The summed E-state index contributed by atoms with van der Waals surface area (Å²) in [4.78, 5) is 11.9. The van der Waals surface area contributed by atoms with E-state index in [9.17, 15) is 4.79 Å². The summed E-state index contributed by atoms with van der Waals surface area (Å²) in [5.41, 5.74) is 2.10. The van der Waals surface area contributed by atoms with Crippen LogP contribution in [0.4, 0.5) is 0 Å². The topological polar surface area (TPSA) is 31.2 Å². The van der Waals surface area contributed by atoms with Crippen LogP contribution < -0.4 is 0 Å². The third-order valence-electron chi connectivity index (χ3n) is 3.18. The second kappa shape index (κ2) is 6.23. The van der Waals surface area contributed by atoms with Gasteiger partial charge in [-0.05, 0) is 43.2 Å². The first-order valence-corrected chi connectivity index (χ1v) is 6.66. The van der Waals surface area contributed by atoms with Crippen LogP contribution in [0.15, 0.2) is 48.8 Å². The summed E-state index contributed by atoms with van der Waals surface area (Å²) in [5, 5.41) is 0. The zero-order chi connectivity index (χ0) is 13.7. The number of benzene rings is 1. The molecule has 100 valence electrons. The quantitative estimate of drug-likeness (QED) is 0.767. The summed E-state index contributed by atoms with van der Waals surface area (Å²) in [6.45, 7) is 4.26. The van der Waals surface area contributed by atoms with Crippen molar-refractivity contribution < 1.29 is 9.53 Å². The van der Waals surface area contributed by atoms with Gasteiger partial charge in [-0.1, -0.05) is 19.1 Å². The number of esters is 1. The van der Waals surface area contributed by atoms with Gasteiger partial charge < -0.3 is 9.30 Å². The maximum atomic E-state index is 11.9. The highest BCUT2D eigenvalue weighted by Crippen LogP contribution is 2.22. The number of hydrogen-bond acceptors (Lipinski definition) is 2. The first kappa shape index (κ1) is 13.4. The van der Waals surface area contributed by atoms with Gasteiger partial charge in [-0.2, -0.15) is 0 Å². The monoisotopic (exact) mass is 257 g/mol. The summed E-state index contributed by atoms with van der Waals surface area (Å²) in [5.74, 6) is -0.308. The van der Waals surface area contributed by atoms with Crippen molar-refractivity contribution in [2.45, 2.75) is 26.2 Å². The third-order valence-corrected chi connectivity index (χ3v) is 3.18. The van der Waals surface area contributed by atoms with Crippen LogP contribution >= 0.6 is 0 Å². The second-order valence-electron chi connectivity index (χ2n) is 4.39. The second-order valence-corrected chi connectivity index (χ2v) is 4.39. The molecule has 0 aliphatic heterocycles. The predicted octanol–water partition coefficient (Wildman–Crippen LogP) is 3.53. The van der Waals surface area contributed by atoms with Crippen LogP contribution in [0.5, 0.6) is 0 Å². The molecular formula is C16H19NO2. The van der Waals surface area contributed by atoms with Crippen molar-refractivity contribution in [3.05, 3.63) is 54.4 Å². The molecule has 0 amide bonds. The fraction of sp³-hybridized carbons (Fsp3) is 0.312. The molecule has 0 radical (unpaired) electrons. The fourth-order valence-electron chi connectivity index (χ4n) is 2.17. The number of carbonyl (C=O) groups is 1. The van der Waals surface area contributed by atoms with Gasteiger partial charge in [0.25, 0.3) is 0 Å². The lowest BCUT2D eigenvalue weighted by molar-refractivity contribution is -0.145. The smallest absolute Gasteiger partial charge is 0.313 e. The van der Waals surface area contributed by atoms with E-state index in [1.54, 1.807) is 0 Å². The molecule has 0 fully saturated rings. The van der Waals surface area contributed by atoms with Crippen molar-refractivity contribution in [3.63, 3.8) is 0 Å². The molecule has 1 heterocycles. The van der Waals surface area contributed by atoms with Crippen molar-refractivity contribution in [1.29, 1.82) is 0 Å². The molecule has 0 bridgehead atoms. The zero-order valence-electron chi connectivity index (χ0n) is 11.4. The molecule has 0 saturated heterocycles. The van der Waals surface area contributed by atoms with Crippen molar-refractivity contribution in [2.75, 3.05) is 6.61 Å². The molecule has 0 aliphatic carbocycles. The van der Waals surface area contributed by atoms with Crippen LogP contribution in [0, 0.1) is 0 Å². The Morgan fingerprint density at radius 1 is 1.16 bits per heavy atom. The van der Waals surface area contributed by atoms with E-state index in [4.69, 9.17) is 4.74 Å². The minimum atomic E-state index is -0.168. The van der Waals surface area contributed by atoms with E-state index in [0.29, 0.717) is 6.61 Å². The predicted molar refractivity (Wildman–Crippen MR) is 75.4 cm³/mol. The van der Waals surface area contributed by atoms with Gasteiger partial charge in [0.05, 0.1) is 12.5 Å². The molecule has 0 saturated carbocycles. The minimum Gasteiger partial charge on any atom is -0.466 e. The Kier molecular flexibility index (Phi) is 4.39. The Labute approximate surface area is 113 Å². The van der Waals surface area contributed by atoms with Gasteiger partial charge >= 0.3 is 5.97 Å². The molecule has 1 aromatic carbocycles. The zero-order valence-corrected chi connectivity index (χ0v) is 11.4. The Hall–Kier alpha value is -2.03. The Morgan fingerprint density at radius 3 is 2.32 bits per heavy atom. The lowest BCUT2D eigenvalue weighted by Crippen LogP contribution is -2.15. The summed E-state index contributed by atoms with van der Waals surface area (Å²) in [6.07, 6.45) is 4.75. The maximum absolute atomic E-state index is 11.9. The van der Waals surface area contributed by atoms with Gasteiger partial charge in [0, 0.05) is 18.1 Å². The Morgan fingerprint density at radius 2 is 1.79 bits per heavy atom. The number of rotatable bonds is 5. The van der Waals surface area contributed by atoms with Crippen molar-refractivity contribution in [2.24, 2.45) is 0 Å². The Balaban J connectivity index is 2.19. The molecule has 0 spiro atoms. The molecule has 0 aliphatic rings. The van der Waals surface area contributed by atoms with Gasteiger partial charge in [0.2, 0.25) is 0 Å². The maximum Gasteiger partial charge on any atom is 0.313 e. The van der Waals surface area contributed by atoms with Gasteiger partial charge in [0.15, 0.2) is 0 Å². The SMILES string of the molecule is CCOC(=O)C(CC)c1ccc(-n2cccc2)cc1. The number of ether oxygens (including phenoxy) is 1. The van der Waals surface area contributed by atoms with Crippen molar-refractivity contribution in [1.82, 2.24) is 4.57 Å². The number of carbonyl (C=O) groups excluding carboxylic acids is 1. The lowest BCUT2D eigenvalue weighted by Gasteiger charge is -2.14. The molecule has 1 atom stereocenters. The third kappa shape index (κ3) is 3.05. The summed E-state index contributed by atoms with van der Waals surface area (Å²) < 4.78 is 7.14. The average Bonchev–Trinajstić information content (AvgIpc) is 2.95. The van der Waals surface area contributed by atoms with Crippen molar-refractivity contribution >= 4 is 5.97 Å². The molecule has 19 heavy (non-hydrogen) atoms. The van der Waals surface area contributed by atoms with E-state index in [1.165, 1.54) is 0 Å². The molecule has 3 heteroatoms. The molecule has 0 N–H and O–H groups in total. The number of nitrogens with zero attached hydrogens (tertiary/aromatic N) is 1. The van der Waals surface area contributed by atoms with E-state index >= 15 is 0 Å². The van der Waals surface area contributed by atoms with Crippen LogP contribution in [0.25, 0.3) is 5.69 Å².